The second-order valence-electron chi connectivity index (χ2n) is 6.65. The van der Waals surface area contributed by atoms with Gasteiger partial charge < -0.3 is 5.32 Å². The molecule has 1 fully saturated rings. The minimum atomic E-state index is 0.699. The normalized spacial score (nSPS) is 33.0. The molecule has 1 saturated carbocycles. The van der Waals surface area contributed by atoms with Crippen molar-refractivity contribution in [3.05, 3.63) is 0 Å². The Hall–Kier alpha value is -0.0400. The highest BCUT2D eigenvalue weighted by Gasteiger charge is 2.24. The lowest BCUT2D eigenvalue weighted by molar-refractivity contribution is 0.224. The van der Waals surface area contributed by atoms with Crippen molar-refractivity contribution in [2.45, 2.75) is 78.8 Å². The second-order valence-corrected chi connectivity index (χ2v) is 6.65. The van der Waals surface area contributed by atoms with Gasteiger partial charge in [-0.25, -0.2) is 0 Å². The van der Waals surface area contributed by atoms with E-state index in [1.165, 1.54) is 32.1 Å². The summed E-state index contributed by atoms with van der Waals surface area (Å²) in [4.78, 5) is 0. The lowest BCUT2D eigenvalue weighted by atomic mass is 9.80. The van der Waals surface area contributed by atoms with Gasteiger partial charge in [0, 0.05) is 12.1 Å². The van der Waals surface area contributed by atoms with Crippen LogP contribution >= 0.6 is 0 Å². The van der Waals surface area contributed by atoms with E-state index in [0.717, 1.165) is 23.8 Å². The molecule has 0 saturated heterocycles. The molecule has 1 aliphatic rings. The fourth-order valence-electron chi connectivity index (χ4n) is 3.15. The summed E-state index contributed by atoms with van der Waals surface area (Å²) in [6.45, 7) is 11.8. The Bertz CT molecular complexity index is 178. The third-order valence-electron chi connectivity index (χ3n) is 3.88. The Morgan fingerprint density at radius 3 is 2.00 bits per heavy atom. The van der Waals surface area contributed by atoms with Gasteiger partial charge in [-0.3, -0.25) is 0 Å². The zero-order chi connectivity index (χ0) is 12.1. The first-order chi connectivity index (χ1) is 7.47. The molecule has 0 aliphatic heterocycles. The Morgan fingerprint density at radius 2 is 1.50 bits per heavy atom. The molecule has 3 unspecified atom stereocenters. The van der Waals surface area contributed by atoms with Gasteiger partial charge in [0.2, 0.25) is 0 Å². The monoisotopic (exact) mass is 225 g/mol. The summed E-state index contributed by atoms with van der Waals surface area (Å²) >= 11 is 0. The van der Waals surface area contributed by atoms with Crippen LogP contribution in [0.2, 0.25) is 0 Å². The van der Waals surface area contributed by atoms with Crippen LogP contribution in [0.5, 0.6) is 0 Å². The summed E-state index contributed by atoms with van der Waals surface area (Å²) in [6.07, 6.45) is 6.88. The summed E-state index contributed by atoms with van der Waals surface area (Å²) in [5.74, 6) is 2.67. The molecule has 0 radical (unpaired) electrons. The molecule has 1 N–H and O–H groups in total. The predicted molar refractivity (Wildman–Crippen MR) is 72.6 cm³/mol. The standard InChI is InChI=1S/C15H31N/c1-11(2)6-7-14(5)16-15-9-12(3)8-13(4)10-15/h11-16H,6-10H2,1-5H3. The average Bonchev–Trinajstić information content (AvgIpc) is 2.12. The van der Waals surface area contributed by atoms with Crippen molar-refractivity contribution < 1.29 is 0 Å². The molecule has 0 aromatic heterocycles. The maximum Gasteiger partial charge on any atom is 0.00746 e. The van der Waals surface area contributed by atoms with Crippen molar-refractivity contribution in [3.63, 3.8) is 0 Å². The first-order valence-corrected chi connectivity index (χ1v) is 7.23. The van der Waals surface area contributed by atoms with Crippen LogP contribution in [0.15, 0.2) is 0 Å². The van der Waals surface area contributed by atoms with Crippen molar-refractivity contribution >= 4 is 0 Å². The Kier molecular flexibility index (Phi) is 5.82. The molecule has 0 heterocycles. The smallest absolute Gasteiger partial charge is 0.00746 e. The summed E-state index contributed by atoms with van der Waals surface area (Å²) in [5, 5.41) is 3.84. The number of nitrogens with one attached hydrogen (secondary N) is 1. The quantitative estimate of drug-likeness (QED) is 0.738. The molecular formula is C15H31N. The van der Waals surface area contributed by atoms with Crippen LogP contribution in [0.3, 0.4) is 0 Å². The largest absolute Gasteiger partial charge is 0.311 e. The van der Waals surface area contributed by atoms with Gasteiger partial charge in [-0.2, -0.15) is 0 Å². The Morgan fingerprint density at radius 1 is 0.938 bits per heavy atom. The van der Waals surface area contributed by atoms with E-state index < -0.39 is 0 Å². The van der Waals surface area contributed by atoms with Crippen molar-refractivity contribution in [3.8, 4) is 0 Å². The Labute approximate surface area is 102 Å². The second kappa shape index (κ2) is 6.64. The number of hydrogen-bond acceptors (Lipinski definition) is 1. The van der Waals surface area contributed by atoms with Crippen molar-refractivity contribution in [1.29, 1.82) is 0 Å². The minimum Gasteiger partial charge on any atom is -0.311 e. The average molecular weight is 225 g/mol. The third kappa shape index (κ3) is 5.34. The molecule has 0 aromatic rings. The molecule has 0 bridgehead atoms. The predicted octanol–water partition coefficient (Wildman–Crippen LogP) is 4.23. The zero-order valence-electron chi connectivity index (χ0n) is 11.9. The van der Waals surface area contributed by atoms with Gasteiger partial charge >= 0.3 is 0 Å². The third-order valence-corrected chi connectivity index (χ3v) is 3.88. The van der Waals surface area contributed by atoms with Crippen molar-refractivity contribution in [1.82, 2.24) is 5.32 Å². The topological polar surface area (TPSA) is 12.0 Å². The van der Waals surface area contributed by atoms with Gasteiger partial charge in [-0.15, -0.1) is 0 Å². The van der Waals surface area contributed by atoms with E-state index in [1.54, 1.807) is 0 Å². The van der Waals surface area contributed by atoms with Gasteiger partial charge in [0.05, 0.1) is 0 Å². The highest BCUT2D eigenvalue weighted by Crippen LogP contribution is 2.28. The minimum absolute atomic E-state index is 0.699. The fraction of sp³-hybridized carbons (Fsp3) is 1.00. The van der Waals surface area contributed by atoms with Crippen LogP contribution in [0.4, 0.5) is 0 Å². The van der Waals surface area contributed by atoms with Crippen LogP contribution in [-0.4, -0.2) is 12.1 Å². The summed E-state index contributed by atoms with van der Waals surface area (Å²) in [7, 11) is 0. The first kappa shape index (κ1) is 14.0. The summed E-state index contributed by atoms with van der Waals surface area (Å²) in [6, 6.07) is 1.48. The molecule has 0 spiro atoms. The van der Waals surface area contributed by atoms with E-state index in [0.29, 0.717) is 6.04 Å². The van der Waals surface area contributed by atoms with Crippen LogP contribution < -0.4 is 5.32 Å². The SMILES string of the molecule is CC(C)CCC(C)NC1CC(C)CC(C)C1. The van der Waals surface area contributed by atoms with Gasteiger partial charge in [0.25, 0.3) is 0 Å². The molecular weight excluding hydrogens is 194 g/mol. The van der Waals surface area contributed by atoms with Gasteiger partial charge in [0.15, 0.2) is 0 Å². The number of hydrogen-bond donors (Lipinski definition) is 1. The fourth-order valence-corrected chi connectivity index (χ4v) is 3.15. The molecule has 1 nitrogen and oxygen atoms in total. The van der Waals surface area contributed by atoms with Crippen molar-refractivity contribution in [2.75, 3.05) is 0 Å². The van der Waals surface area contributed by atoms with Crippen molar-refractivity contribution in [2.24, 2.45) is 17.8 Å². The summed E-state index contributed by atoms with van der Waals surface area (Å²) < 4.78 is 0. The molecule has 0 aromatic carbocycles. The van der Waals surface area contributed by atoms with Crippen LogP contribution in [0.1, 0.15) is 66.7 Å². The summed E-state index contributed by atoms with van der Waals surface area (Å²) in [5.41, 5.74) is 0. The molecule has 1 aliphatic carbocycles. The van der Waals surface area contributed by atoms with Crippen LogP contribution in [0.25, 0.3) is 0 Å². The maximum atomic E-state index is 3.84. The van der Waals surface area contributed by atoms with Gasteiger partial charge in [-0.1, -0.05) is 27.7 Å². The van der Waals surface area contributed by atoms with E-state index in [9.17, 15) is 0 Å². The molecule has 3 atom stereocenters. The van der Waals surface area contributed by atoms with E-state index >= 15 is 0 Å². The molecule has 0 amide bonds. The molecule has 1 rings (SSSR count). The lowest BCUT2D eigenvalue weighted by Crippen LogP contribution is -2.41. The zero-order valence-corrected chi connectivity index (χ0v) is 11.9. The van der Waals surface area contributed by atoms with E-state index in [4.69, 9.17) is 0 Å². The molecule has 96 valence electrons. The first-order valence-electron chi connectivity index (χ1n) is 7.23. The van der Waals surface area contributed by atoms with Gasteiger partial charge in [-0.05, 0) is 56.8 Å². The Balaban J connectivity index is 2.24. The lowest BCUT2D eigenvalue weighted by Gasteiger charge is -2.34. The highest BCUT2D eigenvalue weighted by atomic mass is 14.9. The van der Waals surface area contributed by atoms with E-state index in [2.05, 4.69) is 39.9 Å². The molecule has 1 heteroatoms. The van der Waals surface area contributed by atoms with Crippen LogP contribution in [-0.2, 0) is 0 Å². The van der Waals surface area contributed by atoms with Gasteiger partial charge in [0.1, 0.15) is 0 Å². The van der Waals surface area contributed by atoms with E-state index in [1.807, 2.05) is 0 Å². The van der Waals surface area contributed by atoms with E-state index in [-0.39, 0.29) is 0 Å². The molecule has 16 heavy (non-hydrogen) atoms. The van der Waals surface area contributed by atoms with Crippen LogP contribution in [0, 0.1) is 17.8 Å². The maximum absolute atomic E-state index is 3.84. The number of rotatable bonds is 5. The highest BCUT2D eigenvalue weighted by molar-refractivity contribution is 4.81.